The van der Waals surface area contributed by atoms with Crippen LogP contribution in [0.4, 0.5) is 0 Å². The van der Waals surface area contributed by atoms with E-state index in [4.69, 9.17) is 13.8 Å². The van der Waals surface area contributed by atoms with Crippen LogP contribution < -0.4 is 0 Å². The van der Waals surface area contributed by atoms with Gasteiger partial charge in [0.15, 0.2) is 11.6 Å². The van der Waals surface area contributed by atoms with Gasteiger partial charge in [0.1, 0.15) is 6.10 Å². The Balaban J connectivity index is 1.67. The molecule has 3 rings (SSSR count). The quantitative estimate of drug-likeness (QED) is 0.762. The summed E-state index contributed by atoms with van der Waals surface area (Å²) in [7, 11) is 0. The Kier molecular flexibility index (Phi) is 5.25. The zero-order chi connectivity index (χ0) is 17.1. The Hall–Kier alpha value is -1.80. The molecule has 0 amide bonds. The second-order valence-corrected chi connectivity index (χ2v) is 6.42. The zero-order valence-corrected chi connectivity index (χ0v) is 14.7. The first kappa shape index (κ1) is 17.0. The van der Waals surface area contributed by atoms with Crippen LogP contribution in [-0.2, 0) is 11.3 Å². The molecule has 24 heavy (non-hydrogen) atoms. The van der Waals surface area contributed by atoms with Gasteiger partial charge in [-0.15, -0.1) is 0 Å². The predicted octanol–water partition coefficient (Wildman–Crippen LogP) is 3.01. The first-order valence-corrected chi connectivity index (χ1v) is 8.60. The van der Waals surface area contributed by atoms with E-state index < -0.39 is 0 Å². The first-order chi connectivity index (χ1) is 11.6. The summed E-state index contributed by atoms with van der Waals surface area (Å²) < 4.78 is 16.2. The molecule has 0 spiro atoms. The fourth-order valence-electron chi connectivity index (χ4n) is 2.92. The minimum Gasteiger partial charge on any atom is -0.371 e. The van der Waals surface area contributed by atoms with Crippen molar-refractivity contribution in [2.24, 2.45) is 0 Å². The molecular formula is C16H25N5O3. The maximum atomic E-state index is 5.50. The van der Waals surface area contributed by atoms with Gasteiger partial charge in [0, 0.05) is 12.5 Å². The van der Waals surface area contributed by atoms with Crippen molar-refractivity contribution < 1.29 is 13.8 Å². The van der Waals surface area contributed by atoms with Crippen LogP contribution in [0.3, 0.4) is 0 Å². The highest BCUT2D eigenvalue weighted by Gasteiger charge is 2.31. The van der Waals surface area contributed by atoms with Gasteiger partial charge in [0.25, 0.3) is 0 Å². The molecule has 1 saturated heterocycles. The van der Waals surface area contributed by atoms with E-state index in [2.05, 4.69) is 25.2 Å². The van der Waals surface area contributed by atoms with E-state index >= 15 is 0 Å². The molecule has 2 aromatic rings. The fourth-order valence-corrected chi connectivity index (χ4v) is 2.92. The molecule has 0 aromatic carbocycles. The molecule has 0 saturated carbocycles. The molecule has 1 fully saturated rings. The van der Waals surface area contributed by atoms with Crippen molar-refractivity contribution >= 4 is 0 Å². The van der Waals surface area contributed by atoms with Gasteiger partial charge < -0.3 is 13.8 Å². The zero-order valence-electron chi connectivity index (χ0n) is 14.7. The molecule has 0 bridgehead atoms. The molecule has 0 radical (unpaired) electrons. The highest BCUT2D eigenvalue weighted by atomic mass is 16.5. The third-order valence-electron chi connectivity index (χ3n) is 4.22. The van der Waals surface area contributed by atoms with Gasteiger partial charge in [-0.05, 0) is 33.2 Å². The minimum absolute atomic E-state index is 0.140. The van der Waals surface area contributed by atoms with E-state index in [1.165, 1.54) is 0 Å². The van der Waals surface area contributed by atoms with Crippen LogP contribution in [0, 0.1) is 0 Å². The highest BCUT2D eigenvalue weighted by Crippen LogP contribution is 2.32. The molecular weight excluding hydrogens is 310 g/mol. The summed E-state index contributed by atoms with van der Waals surface area (Å²) in [6, 6.07) is 0.140. The molecule has 132 valence electrons. The second-order valence-electron chi connectivity index (χ2n) is 6.42. The normalized spacial score (nSPS) is 20.1. The molecule has 3 heterocycles. The monoisotopic (exact) mass is 335 g/mol. The summed E-state index contributed by atoms with van der Waals surface area (Å²) in [5, 5.41) is 8.17. The molecule has 2 atom stereocenters. The molecule has 0 N–H and O–H groups in total. The average molecular weight is 335 g/mol. The number of ether oxygens (including phenoxy) is 1. The number of rotatable bonds is 7. The minimum atomic E-state index is -0.160. The van der Waals surface area contributed by atoms with Crippen molar-refractivity contribution in [1.29, 1.82) is 0 Å². The van der Waals surface area contributed by atoms with Crippen molar-refractivity contribution in [1.82, 2.24) is 25.2 Å². The Bertz CT molecular complexity index is 654. The van der Waals surface area contributed by atoms with E-state index in [1.807, 2.05) is 27.7 Å². The van der Waals surface area contributed by atoms with Crippen molar-refractivity contribution in [2.75, 3.05) is 13.2 Å². The average Bonchev–Trinajstić information content (AvgIpc) is 3.27. The van der Waals surface area contributed by atoms with E-state index in [0.717, 1.165) is 25.2 Å². The third kappa shape index (κ3) is 3.64. The summed E-state index contributed by atoms with van der Waals surface area (Å²) in [5.74, 6) is 2.85. The van der Waals surface area contributed by atoms with Gasteiger partial charge >= 0.3 is 0 Å². The van der Waals surface area contributed by atoms with Gasteiger partial charge in [0.05, 0.1) is 12.6 Å². The topological polar surface area (TPSA) is 90.3 Å². The second kappa shape index (κ2) is 7.40. The number of likely N-dealkylation sites (tertiary alicyclic amines) is 1. The number of aromatic nitrogens is 4. The smallest absolute Gasteiger partial charge is 0.240 e. The maximum absolute atomic E-state index is 5.50. The summed E-state index contributed by atoms with van der Waals surface area (Å²) >= 11 is 0. The molecule has 8 heteroatoms. The van der Waals surface area contributed by atoms with Crippen molar-refractivity contribution in [3.63, 3.8) is 0 Å². The van der Waals surface area contributed by atoms with Crippen molar-refractivity contribution in [2.45, 2.75) is 65.1 Å². The molecule has 1 aliphatic heterocycles. The van der Waals surface area contributed by atoms with Gasteiger partial charge in [-0.2, -0.15) is 9.97 Å². The van der Waals surface area contributed by atoms with Crippen LogP contribution in [0.5, 0.6) is 0 Å². The van der Waals surface area contributed by atoms with Gasteiger partial charge in [-0.25, -0.2) is 0 Å². The lowest BCUT2D eigenvalue weighted by atomic mass is 10.2. The van der Waals surface area contributed by atoms with Crippen molar-refractivity contribution in [3.05, 3.63) is 23.4 Å². The van der Waals surface area contributed by atoms with E-state index in [-0.39, 0.29) is 18.1 Å². The molecule has 2 aromatic heterocycles. The fraction of sp³-hybridized carbons (Fsp3) is 0.750. The SMILES string of the molecule is CCO[C@@H](C)c1noc(CN2CCC[C@H]2c2noc(C(C)C)n2)n1. The number of hydrogen-bond acceptors (Lipinski definition) is 8. The standard InChI is InChI=1S/C16H25N5O3/c1-5-22-11(4)14-17-13(23-19-14)9-21-8-6-7-12(21)15-18-16(10(2)3)24-20-15/h10-12H,5-9H2,1-4H3/t11-,12-/m0/s1. The van der Waals surface area contributed by atoms with Gasteiger partial charge in [0.2, 0.25) is 11.8 Å². The summed E-state index contributed by atoms with van der Waals surface area (Å²) in [6.07, 6.45) is 1.94. The van der Waals surface area contributed by atoms with Crippen LogP contribution in [0.2, 0.25) is 0 Å². The number of hydrogen-bond donors (Lipinski definition) is 0. The van der Waals surface area contributed by atoms with Crippen molar-refractivity contribution in [3.8, 4) is 0 Å². The number of nitrogens with zero attached hydrogens (tertiary/aromatic N) is 5. The van der Waals surface area contributed by atoms with Crippen LogP contribution in [0.1, 0.15) is 82.0 Å². The van der Waals surface area contributed by atoms with E-state index in [0.29, 0.717) is 30.8 Å². The highest BCUT2D eigenvalue weighted by molar-refractivity contribution is 5.01. The summed E-state index contributed by atoms with van der Waals surface area (Å²) in [5.41, 5.74) is 0. The van der Waals surface area contributed by atoms with Crippen LogP contribution >= 0.6 is 0 Å². The van der Waals surface area contributed by atoms with Gasteiger partial charge in [-0.1, -0.05) is 24.2 Å². The molecule has 8 nitrogen and oxygen atoms in total. The van der Waals surface area contributed by atoms with E-state index in [1.54, 1.807) is 0 Å². The lowest BCUT2D eigenvalue weighted by Crippen LogP contribution is -2.23. The maximum Gasteiger partial charge on any atom is 0.240 e. The molecule has 0 unspecified atom stereocenters. The molecule has 1 aliphatic rings. The van der Waals surface area contributed by atoms with Crippen LogP contribution in [0.15, 0.2) is 9.05 Å². The first-order valence-electron chi connectivity index (χ1n) is 8.60. The Morgan fingerprint density at radius 2 is 2.04 bits per heavy atom. The third-order valence-corrected chi connectivity index (χ3v) is 4.22. The lowest BCUT2D eigenvalue weighted by molar-refractivity contribution is 0.0683. The Morgan fingerprint density at radius 1 is 1.21 bits per heavy atom. The Morgan fingerprint density at radius 3 is 2.75 bits per heavy atom. The van der Waals surface area contributed by atoms with E-state index in [9.17, 15) is 0 Å². The predicted molar refractivity (Wildman–Crippen MR) is 85.1 cm³/mol. The summed E-state index contributed by atoms with van der Waals surface area (Å²) in [4.78, 5) is 11.2. The van der Waals surface area contributed by atoms with Crippen LogP contribution in [-0.4, -0.2) is 38.3 Å². The van der Waals surface area contributed by atoms with Gasteiger partial charge in [-0.3, -0.25) is 4.90 Å². The molecule has 0 aliphatic carbocycles. The largest absolute Gasteiger partial charge is 0.371 e. The lowest BCUT2D eigenvalue weighted by Gasteiger charge is -2.19. The Labute approximate surface area is 141 Å². The summed E-state index contributed by atoms with van der Waals surface area (Å²) in [6.45, 7) is 10.1. The van der Waals surface area contributed by atoms with Crippen LogP contribution in [0.25, 0.3) is 0 Å².